The van der Waals surface area contributed by atoms with Crippen LogP contribution in [0.1, 0.15) is 38.9 Å². The van der Waals surface area contributed by atoms with Crippen molar-refractivity contribution in [1.29, 1.82) is 0 Å². The lowest BCUT2D eigenvalue weighted by Gasteiger charge is -2.25. The van der Waals surface area contributed by atoms with Gasteiger partial charge in [0.1, 0.15) is 4.21 Å². The highest BCUT2D eigenvalue weighted by Crippen LogP contribution is 2.43. The summed E-state index contributed by atoms with van der Waals surface area (Å²) in [7, 11) is -3.47. The maximum atomic E-state index is 12.6. The molecule has 3 heterocycles. The van der Waals surface area contributed by atoms with Gasteiger partial charge >= 0.3 is 0 Å². The SMILES string of the molecule is O=C(NCc1ccc(S(=O)(=O)N2CCOCC2)s1)c1sccc1C1CC1. The Morgan fingerprint density at radius 3 is 2.73 bits per heavy atom. The van der Waals surface area contributed by atoms with Crippen molar-refractivity contribution in [3.05, 3.63) is 38.9 Å². The van der Waals surface area contributed by atoms with Crippen LogP contribution in [0.5, 0.6) is 0 Å². The number of thiophene rings is 2. The van der Waals surface area contributed by atoms with E-state index in [1.807, 2.05) is 11.4 Å². The van der Waals surface area contributed by atoms with E-state index in [0.29, 0.717) is 43.0 Å². The second-order valence-electron chi connectivity index (χ2n) is 6.40. The third-order valence-electron chi connectivity index (χ3n) is 4.54. The van der Waals surface area contributed by atoms with Crippen LogP contribution >= 0.6 is 22.7 Å². The Balaban J connectivity index is 1.40. The summed E-state index contributed by atoms with van der Waals surface area (Å²) in [5.41, 5.74) is 1.15. The van der Waals surface area contributed by atoms with Crippen molar-refractivity contribution < 1.29 is 17.9 Å². The Morgan fingerprint density at radius 2 is 2.00 bits per heavy atom. The van der Waals surface area contributed by atoms with Crippen molar-refractivity contribution in [2.24, 2.45) is 0 Å². The van der Waals surface area contributed by atoms with E-state index in [0.717, 1.165) is 28.2 Å². The number of carbonyl (C=O) groups is 1. The molecule has 2 aliphatic rings. The summed E-state index contributed by atoms with van der Waals surface area (Å²) in [5, 5.41) is 4.88. The van der Waals surface area contributed by atoms with Gasteiger partial charge in [0, 0.05) is 18.0 Å². The Kier molecular flexibility index (Phi) is 5.15. The van der Waals surface area contributed by atoms with E-state index in [1.54, 1.807) is 12.1 Å². The molecule has 1 amide bonds. The van der Waals surface area contributed by atoms with Crippen LogP contribution in [-0.4, -0.2) is 44.9 Å². The van der Waals surface area contributed by atoms with Gasteiger partial charge in [-0.05, 0) is 47.9 Å². The van der Waals surface area contributed by atoms with E-state index < -0.39 is 10.0 Å². The van der Waals surface area contributed by atoms with Gasteiger partial charge in [0.25, 0.3) is 15.9 Å². The number of amides is 1. The van der Waals surface area contributed by atoms with Crippen molar-refractivity contribution in [3.63, 3.8) is 0 Å². The fraction of sp³-hybridized carbons (Fsp3) is 0.471. The van der Waals surface area contributed by atoms with Crippen LogP contribution in [-0.2, 0) is 21.3 Å². The molecule has 0 unspecified atom stereocenters. The third-order valence-corrected chi connectivity index (χ3v) is 8.92. The largest absolute Gasteiger partial charge is 0.379 e. The zero-order valence-corrected chi connectivity index (χ0v) is 16.6. The molecular weight excluding hydrogens is 392 g/mol. The number of morpholine rings is 1. The maximum absolute atomic E-state index is 12.6. The van der Waals surface area contributed by atoms with Gasteiger partial charge < -0.3 is 10.1 Å². The molecule has 1 aliphatic heterocycles. The van der Waals surface area contributed by atoms with Crippen LogP contribution in [0.4, 0.5) is 0 Å². The number of ether oxygens (including phenoxy) is 1. The maximum Gasteiger partial charge on any atom is 0.261 e. The van der Waals surface area contributed by atoms with Crippen molar-refractivity contribution in [2.75, 3.05) is 26.3 Å². The van der Waals surface area contributed by atoms with Crippen molar-refractivity contribution >= 4 is 38.6 Å². The Morgan fingerprint density at radius 1 is 1.23 bits per heavy atom. The lowest BCUT2D eigenvalue weighted by Crippen LogP contribution is -2.40. The molecule has 9 heteroatoms. The van der Waals surface area contributed by atoms with Gasteiger partial charge in [0.2, 0.25) is 0 Å². The first-order chi connectivity index (χ1) is 12.6. The Hall–Kier alpha value is -1.26. The molecule has 1 saturated heterocycles. The number of carbonyl (C=O) groups excluding carboxylic acids is 1. The highest BCUT2D eigenvalue weighted by molar-refractivity contribution is 7.91. The summed E-state index contributed by atoms with van der Waals surface area (Å²) in [4.78, 5) is 14.1. The molecule has 2 aromatic heterocycles. The third kappa shape index (κ3) is 3.72. The summed E-state index contributed by atoms with van der Waals surface area (Å²) in [6, 6.07) is 5.43. The van der Waals surface area contributed by atoms with Gasteiger partial charge in [-0.25, -0.2) is 8.42 Å². The Bertz CT molecular complexity index is 893. The molecule has 1 saturated carbocycles. The van der Waals surface area contributed by atoms with Gasteiger partial charge in [-0.2, -0.15) is 4.31 Å². The number of hydrogen-bond acceptors (Lipinski definition) is 6. The molecule has 4 rings (SSSR count). The first-order valence-corrected chi connectivity index (χ1v) is 11.7. The van der Waals surface area contributed by atoms with E-state index in [1.165, 1.54) is 27.0 Å². The van der Waals surface area contributed by atoms with Crippen molar-refractivity contribution in [3.8, 4) is 0 Å². The Labute approximate surface area is 160 Å². The minimum absolute atomic E-state index is 0.0760. The number of hydrogen-bond donors (Lipinski definition) is 1. The predicted octanol–water partition coefficient (Wildman–Crippen LogP) is 2.64. The number of nitrogens with one attached hydrogen (secondary N) is 1. The van der Waals surface area contributed by atoms with E-state index >= 15 is 0 Å². The first kappa shape index (κ1) is 18.1. The van der Waals surface area contributed by atoms with E-state index in [9.17, 15) is 13.2 Å². The minimum atomic E-state index is -3.47. The van der Waals surface area contributed by atoms with Crippen LogP contribution in [0.25, 0.3) is 0 Å². The molecule has 0 radical (unpaired) electrons. The van der Waals surface area contributed by atoms with Crippen LogP contribution in [0.2, 0.25) is 0 Å². The molecule has 1 N–H and O–H groups in total. The highest BCUT2D eigenvalue weighted by atomic mass is 32.2. The zero-order valence-electron chi connectivity index (χ0n) is 14.1. The summed E-state index contributed by atoms with van der Waals surface area (Å²) >= 11 is 2.68. The minimum Gasteiger partial charge on any atom is -0.379 e. The second kappa shape index (κ2) is 7.40. The van der Waals surface area contributed by atoms with Gasteiger partial charge in [0.05, 0.1) is 24.6 Å². The van der Waals surface area contributed by atoms with E-state index in [4.69, 9.17) is 4.74 Å². The zero-order chi connectivity index (χ0) is 18.1. The molecule has 0 bridgehead atoms. The predicted molar refractivity (Wildman–Crippen MR) is 101 cm³/mol. The summed E-state index contributed by atoms with van der Waals surface area (Å²) in [6.07, 6.45) is 2.31. The number of sulfonamides is 1. The smallest absolute Gasteiger partial charge is 0.261 e. The second-order valence-corrected chi connectivity index (χ2v) is 10.6. The van der Waals surface area contributed by atoms with Crippen molar-refractivity contribution in [2.45, 2.75) is 29.5 Å². The lowest BCUT2D eigenvalue weighted by atomic mass is 10.1. The molecule has 26 heavy (non-hydrogen) atoms. The van der Waals surface area contributed by atoms with E-state index in [-0.39, 0.29) is 5.91 Å². The van der Waals surface area contributed by atoms with Crippen LogP contribution in [0.3, 0.4) is 0 Å². The number of nitrogens with zero attached hydrogens (tertiary/aromatic N) is 1. The fourth-order valence-corrected chi connectivity index (χ4v) is 6.73. The van der Waals surface area contributed by atoms with E-state index in [2.05, 4.69) is 5.32 Å². The van der Waals surface area contributed by atoms with Crippen LogP contribution in [0, 0.1) is 0 Å². The molecule has 0 aromatic carbocycles. The van der Waals surface area contributed by atoms with Crippen molar-refractivity contribution in [1.82, 2.24) is 9.62 Å². The summed E-state index contributed by atoms with van der Waals surface area (Å²) in [6.45, 7) is 1.96. The molecule has 6 nitrogen and oxygen atoms in total. The number of rotatable bonds is 6. The standard InChI is InChI=1S/C17H20N2O4S3/c20-17(16-14(5-10-24-16)12-1-2-12)18-11-13-3-4-15(25-13)26(21,22)19-6-8-23-9-7-19/h3-5,10,12H,1-2,6-9,11H2,(H,18,20). The van der Waals surface area contributed by atoms with Gasteiger partial charge in [-0.15, -0.1) is 22.7 Å². The van der Waals surface area contributed by atoms with Gasteiger partial charge in [0.15, 0.2) is 0 Å². The fourth-order valence-electron chi connectivity index (χ4n) is 2.97. The average molecular weight is 413 g/mol. The molecular formula is C17H20N2O4S3. The van der Waals surface area contributed by atoms with Crippen LogP contribution < -0.4 is 5.32 Å². The quantitative estimate of drug-likeness (QED) is 0.791. The van der Waals surface area contributed by atoms with Crippen LogP contribution in [0.15, 0.2) is 27.8 Å². The lowest BCUT2D eigenvalue weighted by molar-refractivity contribution is 0.0731. The first-order valence-electron chi connectivity index (χ1n) is 8.58. The average Bonchev–Trinajstić information content (AvgIpc) is 3.19. The molecule has 2 fully saturated rings. The highest BCUT2D eigenvalue weighted by Gasteiger charge is 2.29. The molecule has 140 valence electrons. The molecule has 2 aromatic rings. The topological polar surface area (TPSA) is 75.7 Å². The monoisotopic (exact) mass is 412 g/mol. The van der Waals surface area contributed by atoms with Gasteiger partial charge in [-0.1, -0.05) is 0 Å². The summed E-state index contributed by atoms with van der Waals surface area (Å²) < 4.78 is 32.3. The molecule has 0 atom stereocenters. The normalized spacial score (nSPS) is 18.8. The van der Waals surface area contributed by atoms with Gasteiger partial charge in [-0.3, -0.25) is 4.79 Å². The molecule has 1 aliphatic carbocycles. The summed E-state index contributed by atoms with van der Waals surface area (Å²) in [5.74, 6) is 0.460. The molecule has 0 spiro atoms.